The number of pyridine rings is 1. The standard InChI is InChI=1S/C37H41FN10O4/c1-44(2)36(52)30-16-22-18-40-37(43-33(22)48(30)25-5-3-4-6-25)41-31-9-7-26(19-39-31)46-13-11-45(12-14-46)20-24-15-23-21-47(35(51)27(23)17-28(24)38)29-8-10-32(49)42-34(29)50/h7,9,15-19,25,29H,3-6,8,10-14,20-21H2,1-2H3,(H,42,49,50)(H,39,40,41,43). The fourth-order valence-corrected chi connectivity index (χ4v) is 7.92. The molecular formula is C37H41FN10O4. The van der Waals surface area contributed by atoms with E-state index in [1.54, 1.807) is 31.3 Å². The highest BCUT2D eigenvalue weighted by molar-refractivity contribution is 6.05. The van der Waals surface area contributed by atoms with Crippen LogP contribution in [0, 0.1) is 5.82 Å². The fourth-order valence-electron chi connectivity index (χ4n) is 7.92. The lowest BCUT2D eigenvalue weighted by Crippen LogP contribution is -2.52. The van der Waals surface area contributed by atoms with Gasteiger partial charge in [-0.15, -0.1) is 0 Å². The second-order valence-electron chi connectivity index (χ2n) is 14.3. The van der Waals surface area contributed by atoms with Crippen LogP contribution < -0.4 is 15.5 Å². The zero-order valence-corrected chi connectivity index (χ0v) is 29.3. The monoisotopic (exact) mass is 708 g/mol. The van der Waals surface area contributed by atoms with Crippen molar-refractivity contribution < 1.29 is 23.6 Å². The molecule has 4 aromatic rings. The lowest BCUT2D eigenvalue weighted by molar-refractivity contribution is -0.136. The summed E-state index contributed by atoms with van der Waals surface area (Å²) in [6.45, 7) is 3.51. The molecule has 0 bridgehead atoms. The van der Waals surface area contributed by atoms with Crippen LogP contribution in [0.5, 0.6) is 0 Å². The molecule has 4 aliphatic rings. The van der Waals surface area contributed by atoms with Crippen molar-refractivity contribution in [3.8, 4) is 0 Å². The number of carbonyl (C=O) groups excluding carboxylic acids is 4. The van der Waals surface area contributed by atoms with E-state index < -0.39 is 17.8 Å². The molecule has 3 aromatic heterocycles. The van der Waals surface area contributed by atoms with E-state index >= 15 is 4.39 Å². The number of benzene rings is 1. The summed E-state index contributed by atoms with van der Waals surface area (Å²) in [6, 6.07) is 8.31. The van der Waals surface area contributed by atoms with Crippen molar-refractivity contribution in [3.05, 3.63) is 70.9 Å². The SMILES string of the molecule is CN(C)C(=O)c1cc2cnc(Nc3ccc(N4CCN(Cc5cc6c(cc5F)C(=O)N(C5CCC(=O)NC5=O)C6)CC4)cn3)nc2n1C1CCCC1. The number of hydrogen-bond donors (Lipinski definition) is 2. The van der Waals surface area contributed by atoms with Crippen LogP contribution in [0.15, 0.2) is 42.7 Å². The maximum absolute atomic E-state index is 15.3. The first kappa shape index (κ1) is 33.7. The predicted molar refractivity (Wildman–Crippen MR) is 191 cm³/mol. The Morgan fingerprint density at radius 2 is 1.79 bits per heavy atom. The number of rotatable bonds is 8. The van der Waals surface area contributed by atoms with E-state index in [4.69, 9.17) is 4.98 Å². The molecule has 270 valence electrons. The molecule has 52 heavy (non-hydrogen) atoms. The number of hydrogen-bond acceptors (Lipinski definition) is 10. The van der Waals surface area contributed by atoms with Gasteiger partial charge in [0.25, 0.3) is 11.8 Å². The molecule has 1 saturated carbocycles. The molecule has 2 N–H and O–H groups in total. The van der Waals surface area contributed by atoms with Gasteiger partial charge in [0.1, 0.15) is 29.0 Å². The molecule has 1 atom stereocenters. The molecule has 1 aromatic carbocycles. The average molecular weight is 709 g/mol. The van der Waals surface area contributed by atoms with Crippen molar-refractivity contribution in [2.24, 2.45) is 0 Å². The smallest absolute Gasteiger partial charge is 0.270 e. The summed E-state index contributed by atoms with van der Waals surface area (Å²) >= 11 is 0. The molecule has 3 fully saturated rings. The Balaban J connectivity index is 0.892. The Morgan fingerprint density at radius 1 is 1.00 bits per heavy atom. The van der Waals surface area contributed by atoms with E-state index in [2.05, 4.69) is 35.0 Å². The normalized spacial score (nSPS) is 19.8. The second-order valence-corrected chi connectivity index (χ2v) is 14.3. The largest absolute Gasteiger partial charge is 0.368 e. The third kappa shape index (κ3) is 6.33. The summed E-state index contributed by atoms with van der Waals surface area (Å²) in [5, 5.41) is 6.36. The molecule has 0 spiro atoms. The predicted octanol–water partition coefficient (Wildman–Crippen LogP) is 3.61. The van der Waals surface area contributed by atoms with Gasteiger partial charge >= 0.3 is 0 Å². The molecule has 2 saturated heterocycles. The summed E-state index contributed by atoms with van der Waals surface area (Å²) < 4.78 is 17.4. The Labute approximate surface area is 300 Å². The molecule has 8 rings (SSSR count). The summed E-state index contributed by atoms with van der Waals surface area (Å²) in [4.78, 5) is 71.5. The molecule has 14 nitrogen and oxygen atoms in total. The molecular weight excluding hydrogens is 667 g/mol. The van der Waals surface area contributed by atoms with Gasteiger partial charge in [-0.3, -0.25) is 29.4 Å². The van der Waals surface area contributed by atoms with Gasteiger partial charge < -0.3 is 24.6 Å². The molecule has 15 heteroatoms. The minimum atomic E-state index is -0.733. The Bertz CT molecular complexity index is 2070. The number of nitrogens with zero attached hydrogens (tertiary/aromatic N) is 8. The van der Waals surface area contributed by atoms with Gasteiger partial charge in [-0.1, -0.05) is 12.8 Å². The van der Waals surface area contributed by atoms with Gasteiger partial charge in [0.2, 0.25) is 17.8 Å². The Hall–Kier alpha value is -5.44. The van der Waals surface area contributed by atoms with Crippen molar-refractivity contribution in [2.75, 3.05) is 50.5 Å². The maximum Gasteiger partial charge on any atom is 0.270 e. The first-order valence-electron chi connectivity index (χ1n) is 17.9. The van der Waals surface area contributed by atoms with E-state index in [9.17, 15) is 19.2 Å². The zero-order valence-electron chi connectivity index (χ0n) is 29.3. The van der Waals surface area contributed by atoms with Crippen LogP contribution >= 0.6 is 0 Å². The molecule has 4 amide bonds. The summed E-state index contributed by atoms with van der Waals surface area (Å²) in [5.41, 5.74) is 3.83. The van der Waals surface area contributed by atoms with Crippen LogP contribution in [0.4, 0.5) is 21.8 Å². The van der Waals surface area contributed by atoms with Crippen LogP contribution in [0.25, 0.3) is 11.0 Å². The van der Waals surface area contributed by atoms with Gasteiger partial charge in [0.15, 0.2) is 0 Å². The minimum Gasteiger partial charge on any atom is -0.368 e. The highest BCUT2D eigenvalue weighted by atomic mass is 19.1. The van der Waals surface area contributed by atoms with Crippen molar-refractivity contribution in [1.29, 1.82) is 0 Å². The second kappa shape index (κ2) is 13.6. The van der Waals surface area contributed by atoms with E-state index in [1.165, 1.54) is 11.0 Å². The Kier molecular flexibility index (Phi) is 8.81. The summed E-state index contributed by atoms with van der Waals surface area (Å²) in [5.74, 6) is -0.684. The minimum absolute atomic E-state index is 0.0503. The van der Waals surface area contributed by atoms with E-state index in [0.717, 1.165) is 55.5 Å². The van der Waals surface area contributed by atoms with Gasteiger partial charge in [-0.05, 0) is 55.2 Å². The fraction of sp³-hybridized carbons (Fsp3) is 0.432. The molecule has 1 unspecified atom stereocenters. The number of piperazine rings is 1. The lowest BCUT2D eigenvalue weighted by Gasteiger charge is -2.36. The van der Waals surface area contributed by atoms with Crippen molar-refractivity contribution in [2.45, 2.75) is 63.7 Å². The highest BCUT2D eigenvalue weighted by Gasteiger charge is 2.39. The number of aromatic nitrogens is 4. The van der Waals surface area contributed by atoms with Crippen molar-refractivity contribution >= 4 is 52.1 Å². The topological polar surface area (TPSA) is 149 Å². The van der Waals surface area contributed by atoms with Crippen LogP contribution in [0.1, 0.15) is 76.5 Å². The third-order valence-corrected chi connectivity index (χ3v) is 10.7. The lowest BCUT2D eigenvalue weighted by atomic mass is 10.0. The van der Waals surface area contributed by atoms with Gasteiger partial charge in [0, 0.05) is 88.5 Å². The molecule has 0 radical (unpaired) electrons. The van der Waals surface area contributed by atoms with Gasteiger partial charge in [-0.2, -0.15) is 4.98 Å². The number of carbonyl (C=O) groups is 4. The zero-order chi connectivity index (χ0) is 36.1. The number of amides is 4. The number of fused-ring (bicyclic) bond motifs is 2. The summed E-state index contributed by atoms with van der Waals surface area (Å²) in [6.07, 6.45) is 8.30. The number of halogens is 1. The van der Waals surface area contributed by atoms with Crippen LogP contribution in [-0.2, 0) is 22.7 Å². The Morgan fingerprint density at radius 3 is 2.50 bits per heavy atom. The molecule has 3 aliphatic heterocycles. The van der Waals surface area contributed by atoms with Crippen LogP contribution in [-0.4, -0.2) is 104 Å². The number of anilines is 3. The van der Waals surface area contributed by atoms with Crippen LogP contribution in [0.3, 0.4) is 0 Å². The van der Waals surface area contributed by atoms with E-state index in [0.29, 0.717) is 48.2 Å². The third-order valence-electron chi connectivity index (χ3n) is 10.7. The van der Waals surface area contributed by atoms with Crippen LogP contribution in [0.2, 0.25) is 0 Å². The van der Waals surface area contributed by atoms with E-state index in [-0.39, 0.29) is 48.7 Å². The summed E-state index contributed by atoms with van der Waals surface area (Å²) in [7, 11) is 3.52. The number of piperidine rings is 1. The average Bonchev–Trinajstić information content (AvgIpc) is 3.87. The highest BCUT2D eigenvalue weighted by Crippen LogP contribution is 2.35. The van der Waals surface area contributed by atoms with E-state index in [1.807, 2.05) is 24.4 Å². The van der Waals surface area contributed by atoms with Gasteiger partial charge in [-0.25, -0.2) is 14.4 Å². The number of imide groups is 1. The first-order valence-corrected chi connectivity index (χ1v) is 17.9. The molecule has 1 aliphatic carbocycles. The van der Waals surface area contributed by atoms with Gasteiger partial charge in [0.05, 0.1) is 11.9 Å². The van der Waals surface area contributed by atoms with Crippen molar-refractivity contribution in [3.63, 3.8) is 0 Å². The number of nitrogens with one attached hydrogen (secondary N) is 2. The quantitative estimate of drug-likeness (QED) is 0.260. The first-order chi connectivity index (χ1) is 25.1. The maximum atomic E-state index is 15.3. The van der Waals surface area contributed by atoms with Crippen molar-refractivity contribution in [1.82, 2.24) is 39.5 Å². The molecule has 6 heterocycles.